The topological polar surface area (TPSA) is 106 Å². The van der Waals surface area contributed by atoms with Gasteiger partial charge in [0.1, 0.15) is 0 Å². The Bertz CT molecular complexity index is 820. The Kier molecular flexibility index (Phi) is 12.3. The molecule has 0 saturated carbocycles. The van der Waals surface area contributed by atoms with Crippen molar-refractivity contribution in [2.75, 3.05) is 14.2 Å². The van der Waals surface area contributed by atoms with Gasteiger partial charge in [0.2, 0.25) is 5.60 Å². The molecule has 0 radical (unpaired) electrons. The molecule has 7 nitrogen and oxygen atoms in total. The SMILES string of the molecule is COC(=O)[C@@](C)(O)[C@](O)(C[C@H](C)CCC=C(C)CCCC(C)=CCCc1ccoc1)C(=O)OC. The van der Waals surface area contributed by atoms with E-state index in [0.29, 0.717) is 6.42 Å². The quantitative estimate of drug-likeness (QED) is 0.272. The molecule has 0 spiro atoms. The Hall–Kier alpha value is -2.38. The van der Waals surface area contributed by atoms with Gasteiger partial charge in [0.05, 0.1) is 26.7 Å². The van der Waals surface area contributed by atoms with Crippen molar-refractivity contribution in [2.45, 2.75) is 90.3 Å². The van der Waals surface area contributed by atoms with Crippen molar-refractivity contribution in [3.63, 3.8) is 0 Å². The number of hydrogen-bond donors (Lipinski definition) is 2. The summed E-state index contributed by atoms with van der Waals surface area (Å²) in [7, 11) is 2.19. The second-order valence-corrected chi connectivity index (χ2v) is 9.43. The van der Waals surface area contributed by atoms with Gasteiger partial charge in [-0.05, 0) is 89.7 Å². The molecule has 0 aliphatic carbocycles. The van der Waals surface area contributed by atoms with Crippen LogP contribution in [0.5, 0.6) is 0 Å². The molecule has 0 aromatic carbocycles. The van der Waals surface area contributed by atoms with Crippen LogP contribution < -0.4 is 0 Å². The van der Waals surface area contributed by atoms with Crippen LogP contribution in [0.4, 0.5) is 0 Å². The number of carbonyl (C=O) groups is 2. The molecule has 34 heavy (non-hydrogen) atoms. The fraction of sp³-hybridized carbons (Fsp3) is 0.630. The minimum absolute atomic E-state index is 0.128. The summed E-state index contributed by atoms with van der Waals surface area (Å²) >= 11 is 0. The average Bonchev–Trinajstić information content (AvgIpc) is 3.31. The van der Waals surface area contributed by atoms with E-state index < -0.39 is 23.1 Å². The van der Waals surface area contributed by atoms with E-state index in [-0.39, 0.29) is 12.3 Å². The molecule has 0 amide bonds. The number of hydrogen-bond acceptors (Lipinski definition) is 7. The highest BCUT2D eigenvalue weighted by atomic mass is 16.6. The maximum Gasteiger partial charge on any atom is 0.341 e. The van der Waals surface area contributed by atoms with E-state index in [9.17, 15) is 19.8 Å². The molecule has 3 atom stereocenters. The number of furan rings is 1. The molecule has 0 unspecified atom stereocenters. The summed E-state index contributed by atoms with van der Waals surface area (Å²) in [6.45, 7) is 7.21. The lowest BCUT2D eigenvalue weighted by Crippen LogP contribution is -2.63. The second kappa shape index (κ2) is 14.1. The molecule has 192 valence electrons. The first-order valence-corrected chi connectivity index (χ1v) is 11.9. The van der Waals surface area contributed by atoms with Gasteiger partial charge in [-0.1, -0.05) is 30.2 Å². The zero-order valence-electron chi connectivity index (χ0n) is 21.6. The third-order valence-electron chi connectivity index (χ3n) is 6.36. The summed E-state index contributed by atoms with van der Waals surface area (Å²) in [5.74, 6) is -2.30. The largest absolute Gasteiger partial charge is 0.472 e. The molecule has 1 aromatic rings. The summed E-state index contributed by atoms with van der Waals surface area (Å²) < 4.78 is 14.3. The van der Waals surface area contributed by atoms with E-state index >= 15 is 0 Å². The second-order valence-electron chi connectivity index (χ2n) is 9.43. The minimum atomic E-state index is -2.42. The molecule has 1 rings (SSSR count). The van der Waals surface area contributed by atoms with Gasteiger partial charge in [-0.2, -0.15) is 0 Å². The molecule has 0 bridgehead atoms. The van der Waals surface area contributed by atoms with Crippen LogP contribution in [0.25, 0.3) is 0 Å². The molecule has 1 heterocycles. The van der Waals surface area contributed by atoms with Crippen LogP contribution in [-0.4, -0.2) is 47.6 Å². The van der Waals surface area contributed by atoms with Crippen LogP contribution >= 0.6 is 0 Å². The highest BCUT2D eigenvalue weighted by Crippen LogP contribution is 2.33. The fourth-order valence-electron chi connectivity index (χ4n) is 4.01. The molecular formula is C27H42O7. The smallest absolute Gasteiger partial charge is 0.341 e. The zero-order valence-corrected chi connectivity index (χ0v) is 21.6. The number of aryl methyl sites for hydroxylation is 1. The Labute approximate surface area is 203 Å². The third-order valence-corrected chi connectivity index (χ3v) is 6.36. The van der Waals surface area contributed by atoms with E-state index in [4.69, 9.17) is 4.42 Å². The lowest BCUT2D eigenvalue weighted by Gasteiger charge is -2.37. The van der Waals surface area contributed by atoms with Crippen molar-refractivity contribution in [3.8, 4) is 0 Å². The van der Waals surface area contributed by atoms with Gasteiger partial charge in [-0.25, -0.2) is 9.59 Å². The highest BCUT2D eigenvalue weighted by molar-refractivity contribution is 5.92. The molecule has 0 aliphatic rings. The van der Waals surface area contributed by atoms with Crippen molar-refractivity contribution in [3.05, 3.63) is 47.5 Å². The van der Waals surface area contributed by atoms with Crippen molar-refractivity contribution in [2.24, 2.45) is 5.92 Å². The molecule has 1 aromatic heterocycles. The molecule has 0 aliphatic heterocycles. The number of esters is 2. The van der Waals surface area contributed by atoms with Crippen molar-refractivity contribution >= 4 is 11.9 Å². The highest BCUT2D eigenvalue weighted by Gasteiger charge is 2.58. The molecule has 0 saturated heterocycles. The lowest BCUT2D eigenvalue weighted by molar-refractivity contribution is -0.210. The van der Waals surface area contributed by atoms with Crippen LogP contribution in [0.15, 0.2) is 46.3 Å². The van der Waals surface area contributed by atoms with Crippen LogP contribution in [-0.2, 0) is 25.5 Å². The first-order chi connectivity index (χ1) is 16.0. The Balaban J connectivity index is 2.49. The van der Waals surface area contributed by atoms with Crippen LogP contribution in [0.3, 0.4) is 0 Å². The first-order valence-electron chi connectivity index (χ1n) is 11.9. The number of allylic oxidation sites excluding steroid dienone is 4. The Morgan fingerprint density at radius 2 is 1.65 bits per heavy atom. The Morgan fingerprint density at radius 1 is 1.06 bits per heavy atom. The van der Waals surface area contributed by atoms with Gasteiger partial charge in [0.25, 0.3) is 0 Å². The number of aliphatic hydroxyl groups is 2. The standard InChI is InChI=1S/C27H42O7/c1-20(10-7-11-21(2)13-9-15-23-16-17-34-19-23)12-8-14-22(3)18-27(31,25(29)33-6)26(4,30)24(28)32-5/h12-13,16-17,19,22,30-31H,7-11,14-15,18H2,1-6H3/t22-,26-,27+/m1/s1. The van der Waals surface area contributed by atoms with Gasteiger partial charge in [0.15, 0.2) is 5.60 Å². The van der Waals surface area contributed by atoms with Crippen molar-refractivity contribution in [1.29, 1.82) is 0 Å². The predicted molar refractivity (Wildman–Crippen MR) is 131 cm³/mol. The van der Waals surface area contributed by atoms with Gasteiger partial charge in [-0.3, -0.25) is 0 Å². The summed E-state index contributed by atoms with van der Waals surface area (Å²) in [4.78, 5) is 24.2. The van der Waals surface area contributed by atoms with E-state index in [0.717, 1.165) is 59.7 Å². The van der Waals surface area contributed by atoms with Gasteiger partial charge in [-0.15, -0.1) is 0 Å². The number of ether oxygens (including phenoxy) is 2. The maximum atomic E-state index is 12.3. The molecule has 0 fully saturated rings. The average molecular weight is 479 g/mol. The first kappa shape index (κ1) is 29.7. The summed E-state index contributed by atoms with van der Waals surface area (Å²) in [6, 6.07) is 2.00. The van der Waals surface area contributed by atoms with Gasteiger partial charge >= 0.3 is 11.9 Å². The summed E-state index contributed by atoms with van der Waals surface area (Å²) in [5, 5.41) is 21.5. The van der Waals surface area contributed by atoms with Gasteiger partial charge in [0, 0.05) is 0 Å². The van der Waals surface area contributed by atoms with Gasteiger partial charge < -0.3 is 24.1 Å². The van der Waals surface area contributed by atoms with E-state index in [1.807, 2.05) is 13.0 Å². The fourth-order valence-corrected chi connectivity index (χ4v) is 4.01. The number of rotatable bonds is 15. The summed E-state index contributed by atoms with van der Waals surface area (Å²) in [6.07, 6.45) is 14.4. The van der Waals surface area contributed by atoms with Crippen LogP contribution in [0.2, 0.25) is 0 Å². The normalized spacial score (nSPS) is 16.9. The Morgan fingerprint density at radius 3 is 2.18 bits per heavy atom. The zero-order chi connectivity index (χ0) is 25.8. The minimum Gasteiger partial charge on any atom is -0.472 e. The third kappa shape index (κ3) is 8.76. The summed E-state index contributed by atoms with van der Waals surface area (Å²) in [5.41, 5.74) is -0.906. The lowest BCUT2D eigenvalue weighted by atomic mass is 9.77. The maximum absolute atomic E-state index is 12.3. The van der Waals surface area contributed by atoms with Crippen molar-refractivity contribution in [1.82, 2.24) is 0 Å². The molecular weight excluding hydrogens is 436 g/mol. The number of methoxy groups -OCH3 is 2. The van der Waals surface area contributed by atoms with Crippen molar-refractivity contribution < 1.29 is 33.7 Å². The van der Waals surface area contributed by atoms with Crippen LogP contribution in [0, 0.1) is 5.92 Å². The predicted octanol–water partition coefficient (Wildman–Crippen LogP) is 4.91. The van der Waals surface area contributed by atoms with E-state index in [2.05, 4.69) is 35.5 Å². The van der Waals surface area contributed by atoms with Crippen LogP contribution in [0.1, 0.15) is 78.2 Å². The van der Waals surface area contributed by atoms with E-state index in [1.165, 1.54) is 16.7 Å². The monoisotopic (exact) mass is 478 g/mol. The molecule has 7 heteroatoms. The molecule has 2 N–H and O–H groups in total. The number of carbonyl (C=O) groups excluding carboxylic acids is 2. The van der Waals surface area contributed by atoms with E-state index in [1.54, 1.807) is 12.5 Å².